The molecule has 0 N–H and O–H groups in total. The zero-order chi connectivity index (χ0) is 9.80. The van der Waals surface area contributed by atoms with Crippen molar-refractivity contribution in [2.24, 2.45) is 0 Å². The predicted molar refractivity (Wildman–Crippen MR) is 86.8 cm³/mol. The van der Waals surface area contributed by atoms with E-state index in [2.05, 4.69) is 43.3 Å². The van der Waals surface area contributed by atoms with Gasteiger partial charge in [-0.3, -0.25) is 0 Å². The quantitative estimate of drug-likeness (QED) is 0.585. The molecule has 0 fully saturated rings. The second kappa shape index (κ2) is 5.55. The molecule has 0 saturated carbocycles. The molecule has 0 amide bonds. The monoisotopic (exact) mass is 428 g/mol. The van der Waals surface area contributed by atoms with Crippen molar-refractivity contribution in [1.82, 2.24) is 0 Å². The van der Waals surface area contributed by atoms with Crippen molar-refractivity contribution in [2.45, 2.75) is 6.92 Å². The fourth-order valence-corrected chi connectivity index (χ4v) is 5.76. The van der Waals surface area contributed by atoms with Crippen LogP contribution >= 0.6 is 53.2 Å². The maximum Gasteiger partial charge on any atom is 0.0208 e. The van der Waals surface area contributed by atoms with Gasteiger partial charge in [0.15, 0.2) is 0 Å². The zero-order valence-corrected chi connectivity index (χ0v) is 12.8. The van der Waals surface area contributed by atoms with Gasteiger partial charge < -0.3 is 0 Å². The molecule has 0 bridgehead atoms. The van der Waals surface area contributed by atoms with Crippen molar-refractivity contribution in [3.8, 4) is 0 Å². The molecule has 0 aromatic rings. The van der Waals surface area contributed by atoms with Gasteiger partial charge in [-0.1, -0.05) is 65.4 Å². The molecule has 0 radical (unpaired) electrons. The minimum Gasteiger partial charge on any atom is -0.0925 e. The zero-order valence-electron chi connectivity index (χ0n) is 7.71. The molecule has 3 heteroatoms. The fraction of sp³-hybridized carbons (Fsp3) is 0.0909. The molecule has 2 heterocycles. The van der Waals surface area contributed by atoms with Gasteiger partial charge in [-0.15, -0.1) is 0 Å². The standard InChI is InChI=1S/C11H10I2S/c1-9-11(5-3-7-13-9)14-10-4-2-6-12-8-10/h2-8H,1H3. The average Bonchev–Trinajstić information content (AvgIpc) is 2.23. The molecule has 0 spiro atoms. The van der Waals surface area contributed by atoms with Crippen molar-refractivity contribution < 1.29 is 0 Å². The van der Waals surface area contributed by atoms with E-state index in [0.29, 0.717) is 0 Å². The molecule has 2 rings (SSSR count). The van der Waals surface area contributed by atoms with Crippen LogP contribution in [-0.4, -0.2) is 8.02 Å². The van der Waals surface area contributed by atoms with Gasteiger partial charge in [-0.05, 0) is 34.8 Å². The number of hydrogen-bond acceptors (Lipinski definition) is 1. The molecule has 0 aliphatic carbocycles. The van der Waals surface area contributed by atoms with E-state index in [1.165, 1.54) is 9.81 Å². The Bertz CT molecular complexity index is 409. The Morgan fingerprint density at radius 3 is 2.71 bits per heavy atom. The third-order valence-corrected chi connectivity index (χ3v) is 7.78. The lowest BCUT2D eigenvalue weighted by atomic mass is 10.4. The first kappa shape index (κ1) is 11.0. The molecule has 0 aromatic heterocycles. The maximum atomic E-state index is 2.40. The molecular weight excluding hydrogens is 418 g/mol. The molecule has 0 atom stereocenters. The van der Waals surface area contributed by atoms with E-state index in [1.807, 2.05) is 11.8 Å². The molecule has 14 heavy (non-hydrogen) atoms. The van der Waals surface area contributed by atoms with Crippen LogP contribution in [0.4, 0.5) is 0 Å². The van der Waals surface area contributed by atoms with Crippen molar-refractivity contribution in [3.05, 3.63) is 41.8 Å². The van der Waals surface area contributed by atoms with Crippen molar-refractivity contribution >= 4 is 61.2 Å². The normalized spacial score (nSPS) is 20.2. The molecular formula is C11H10I2S. The Hall–Kier alpha value is 0.510. The molecule has 74 valence electrons. The summed E-state index contributed by atoms with van der Waals surface area (Å²) in [5.74, 6) is 0. The molecule has 0 unspecified atom stereocenters. The van der Waals surface area contributed by atoms with Crippen molar-refractivity contribution in [2.75, 3.05) is 0 Å². The van der Waals surface area contributed by atoms with Gasteiger partial charge in [0.25, 0.3) is 0 Å². The van der Waals surface area contributed by atoms with Crippen LogP contribution in [0.3, 0.4) is 0 Å². The molecule has 0 aromatic carbocycles. The van der Waals surface area contributed by atoms with E-state index in [-0.39, 0.29) is 41.5 Å². The van der Waals surface area contributed by atoms with Crippen LogP contribution in [-0.2, 0) is 0 Å². The Labute approximate surface area is 109 Å². The second-order valence-electron chi connectivity index (χ2n) is 2.72. The van der Waals surface area contributed by atoms with E-state index < -0.39 is 0 Å². The Morgan fingerprint density at radius 1 is 1.14 bits per heavy atom. The first-order chi connectivity index (χ1) is 6.86. The van der Waals surface area contributed by atoms with Crippen molar-refractivity contribution in [1.29, 1.82) is 0 Å². The highest BCUT2D eigenvalue weighted by Gasteiger charge is 2.04. The van der Waals surface area contributed by atoms with Gasteiger partial charge in [-0.25, -0.2) is 0 Å². The van der Waals surface area contributed by atoms with Crippen molar-refractivity contribution in [3.63, 3.8) is 0 Å². The van der Waals surface area contributed by atoms with Gasteiger partial charge in [0.2, 0.25) is 0 Å². The predicted octanol–water partition coefficient (Wildman–Crippen LogP) is 4.48. The van der Waals surface area contributed by atoms with Crippen LogP contribution < -0.4 is 0 Å². The van der Waals surface area contributed by atoms with Crippen LogP contribution in [0.2, 0.25) is 0 Å². The van der Waals surface area contributed by atoms with Crippen LogP contribution in [0, 0.1) is 0 Å². The number of thioether (sulfide) groups is 1. The van der Waals surface area contributed by atoms with Gasteiger partial charge >= 0.3 is 0 Å². The first-order valence-electron chi connectivity index (χ1n) is 4.20. The summed E-state index contributed by atoms with van der Waals surface area (Å²) in [4.78, 5) is 2.91. The minimum absolute atomic E-state index is 0.180. The van der Waals surface area contributed by atoms with E-state index in [4.69, 9.17) is 0 Å². The largest absolute Gasteiger partial charge is 0.0925 e. The highest BCUT2D eigenvalue weighted by atomic mass is 127. The molecule has 0 nitrogen and oxygen atoms in total. The Morgan fingerprint density at radius 2 is 2.00 bits per heavy atom. The molecule has 2 aliphatic heterocycles. The van der Waals surface area contributed by atoms with Crippen LogP contribution in [0.5, 0.6) is 0 Å². The topological polar surface area (TPSA) is 0 Å². The third-order valence-electron chi connectivity index (χ3n) is 1.69. The molecule has 2 aliphatic rings. The summed E-state index contributed by atoms with van der Waals surface area (Å²) in [5, 5.41) is 0. The lowest BCUT2D eigenvalue weighted by Gasteiger charge is -2.08. The SMILES string of the molecule is CC1=C(SC2=CI=CC=C2)C=CC=I1. The summed E-state index contributed by atoms with van der Waals surface area (Å²) in [5.41, 5.74) is 0. The summed E-state index contributed by atoms with van der Waals surface area (Å²) in [6.45, 7) is 2.27. The first-order valence-corrected chi connectivity index (χ1v) is 9.83. The van der Waals surface area contributed by atoms with Gasteiger partial charge in [0.05, 0.1) is 0 Å². The van der Waals surface area contributed by atoms with E-state index in [0.717, 1.165) is 0 Å². The summed E-state index contributed by atoms with van der Waals surface area (Å²) in [7, 11) is 0. The van der Waals surface area contributed by atoms with Crippen LogP contribution in [0.15, 0.2) is 41.8 Å². The highest BCUT2D eigenvalue weighted by Crippen LogP contribution is 2.36. The number of rotatable bonds is 2. The lowest BCUT2D eigenvalue weighted by Crippen LogP contribution is -1.81. The van der Waals surface area contributed by atoms with Gasteiger partial charge in [-0.2, -0.15) is 0 Å². The lowest BCUT2D eigenvalue weighted by molar-refractivity contribution is 1.68. The number of allylic oxidation sites excluding steroid dienone is 5. The smallest absolute Gasteiger partial charge is 0.0208 e. The average molecular weight is 428 g/mol. The summed E-state index contributed by atoms with van der Waals surface area (Å²) < 4.78 is 8.61. The number of hydrogen-bond donors (Lipinski definition) is 0. The fourth-order valence-electron chi connectivity index (χ4n) is 1.02. The summed E-state index contributed by atoms with van der Waals surface area (Å²) >= 11 is 2.30. The second-order valence-corrected chi connectivity index (χ2v) is 8.85. The Kier molecular flexibility index (Phi) is 4.37. The van der Waals surface area contributed by atoms with Gasteiger partial charge in [0, 0.05) is 9.81 Å². The van der Waals surface area contributed by atoms with Gasteiger partial charge in [0.1, 0.15) is 0 Å². The van der Waals surface area contributed by atoms with E-state index >= 15 is 0 Å². The number of halogens is 2. The Balaban J connectivity index is 2.15. The highest BCUT2D eigenvalue weighted by molar-refractivity contribution is 14.2. The van der Waals surface area contributed by atoms with Crippen LogP contribution in [0.1, 0.15) is 6.92 Å². The summed E-state index contributed by atoms with van der Waals surface area (Å²) in [6, 6.07) is 0. The van der Waals surface area contributed by atoms with Crippen LogP contribution in [0.25, 0.3) is 0 Å². The van der Waals surface area contributed by atoms with E-state index in [1.54, 1.807) is 3.58 Å². The maximum absolute atomic E-state index is 2.40. The third kappa shape index (κ3) is 3.00. The van der Waals surface area contributed by atoms with E-state index in [9.17, 15) is 0 Å². The minimum atomic E-state index is 0.180. The molecule has 0 saturated heterocycles. The summed E-state index contributed by atoms with van der Waals surface area (Å²) in [6.07, 6.45) is 8.86.